The van der Waals surface area contributed by atoms with Crippen molar-refractivity contribution >= 4 is 5.91 Å². The summed E-state index contributed by atoms with van der Waals surface area (Å²) in [6.45, 7) is 14.9. The molecule has 1 amide bonds. The van der Waals surface area contributed by atoms with E-state index in [0.717, 1.165) is 84.2 Å². The van der Waals surface area contributed by atoms with Crippen molar-refractivity contribution in [3.05, 3.63) is 0 Å². The molecule has 4 aliphatic carbocycles. The number of carbonyl (C=O) groups excluding carboxylic acids is 1. The Kier molecular flexibility index (Phi) is 17.1. The Morgan fingerprint density at radius 2 is 1.47 bits per heavy atom. The van der Waals surface area contributed by atoms with Crippen LogP contribution < -0.4 is 22.5 Å². The van der Waals surface area contributed by atoms with Gasteiger partial charge in [0.2, 0.25) is 5.91 Å². The molecule has 0 aliphatic heterocycles. The number of hydrogen-bond acceptors (Lipinski definition) is 7. The Morgan fingerprint density at radius 1 is 0.796 bits per heavy atom. The fourth-order valence-electron chi connectivity index (χ4n) is 11.4. The lowest BCUT2D eigenvalue weighted by Gasteiger charge is -2.65. The van der Waals surface area contributed by atoms with Gasteiger partial charge in [-0.1, -0.05) is 59.8 Å². The van der Waals surface area contributed by atoms with E-state index in [-0.39, 0.29) is 28.9 Å². The molecule has 0 aromatic rings. The first kappa shape index (κ1) is 41.0. The molecular formula is C41H78N4O4. The van der Waals surface area contributed by atoms with Gasteiger partial charge in [0.05, 0.1) is 18.3 Å². The zero-order chi connectivity index (χ0) is 35.3. The monoisotopic (exact) mass is 691 g/mol. The summed E-state index contributed by atoms with van der Waals surface area (Å²) in [6.07, 6.45) is 20.8. The summed E-state index contributed by atoms with van der Waals surface area (Å²) in [4.78, 5) is 12.9. The molecule has 4 fully saturated rings. The van der Waals surface area contributed by atoms with Gasteiger partial charge < -0.3 is 36.7 Å². The molecule has 8 nitrogen and oxygen atoms in total. The second kappa shape index (κ2) is 20.5. The minimum absolute atomic E-state index is 0.0609. The lowest BCUT2D eigenvalue weighted by atomic mass is 9.43. The van der Waals surface area contributed by atoms with E-state index >= 15 is 0 Å². The molecule has 49 heavy (non-hydrogen) atoms. The number of unbranched alkanes of at least 4 members (excludes halogenated alkanes) is 5. The van der Waals surface area contributed by atoms with Crippen molar-refractivity contribution in [2.75, 3.05) is 46.0 Å². The van der Waals surface area contributed by atoms with Gasteiger partial charge in [0.15, 0.2) is 0 Å². The van der Waals surface area contributed by atoms with Gasteiger partial charge in [-0.15, -0.1) is 0 Å². The highest BCUT2D eigenvalue weighted by atomic mass is 16.5. The largest absolute Gasteiger partial charge is 0.378 e. The standard InChI is InChI=1S/C41H78N4O4/c1-5-6-7-8-9-10-23-45-38(46)17-14-30(2)33-15-16-34-39-35(29-37(41(33,34)4)49-26-13-22-44)40(3)19-18-32(47-24-11-20-42)27-31(40)28-36(39)48-25-12-21-43/h30-37,39H,5-29,42-44H2,1-4H3,(H,45,46)/t30?,31?,32-,33-,34+,35+,36?,37+,39?,40+,41-/m1/s1. The van der Waals surface area contributed by atoms with Gasteiger partial charge in [0.1, 0.15) is 0 Å². The molecule has 4 rings (SSSR count). The fraction of sp³-hybridized carbons (Fsp3) is 0.976. The van der Waals surface area contributed by atoms with E-state index < -0.39 is 0 Å². The van der Waals surface area contributed by atoms with Crippen molar-refractivity contribution in [1.29, 1.82) is 0 Å². The minimum atomic E-state index is 0.0609. The lowest BCUT2D eigenvalue weighted by molar-refractivity contribution is -0.227. The number of nitrogens with two attached hydrogens (primary N) is 3. The molecule has 11 atom stereocenters. The maximum absolute atomic E-state index is 12.9. The van der Waals surface area contributed by atoms with E-state index in [1.165, 1.54) is 51.4 Å². The minimum Gasteiger partial charge on any atom is -0.378 e. The normalized spacial score (nSPS) is 36.1. The van der Waals surface area contributed by atoms with Crippen LogP contribution in [0.5, 0.6) is 0 Å². The van der Waals surface area contributed by atoms with E-state index in [1.54, 1.807) is 0 Å². The smallest absolute Gasteiger partial charge is 0.220 e. The lowest BCUT2D eigenvalue weighted by Crippen LogP contribution is -2.63. The van der Waals surface area contributed by atoms with Crippen molar-refractivity contribution in [3.8, 4) is 0 Å². The van der Waals surface area contributed by atoms with Crippen LogP contribution in [0.2, 0.25) is 0 Å². The quantitative estimate of drug-likeness (QED) is 0.0852. The molecule has 0 saturated heterocycles. The third kappa shape index (κ3) is 10.2. The third-order valence-corrected chi connectivity index (χ3v) is 14.2. The van der Waals surface area contributed by atoms with E-state index in [0.29, 0.717) is 67.7 Å². The van der Waals surface area contributed by atoms with Gasteiger partial charge in [-0.2, -0.15) is 0 Å². The highest BCUT2D eigenvalue weighted by Gasteiger charge is 2.66. The average molecular weight is 691 g/mol. The van der Waals surface area contributed by atoms with Crippen molar-refractivity contribution in [1.82, 2.24) is 5.32 Å². The van der Waals surface area contributed by atoms with E-state index in [1.807, 2.05) is 0 Å². The molecule has 0 aromatic heterocycles. The van der Waals surface area contributed by atoms with Gasteiger partial charge >= 0.3 is 0 Å². The Morgan fingerprint density at radius 3 is 2.18 bits per heavy atom. The number of fused-ring (bicyclic) bond motifs is 5. The van der Waals surface area contributed by atoms with Crippen LogP contribution in [0.4, 0.5) is 0 Å². The maximum atomic E-state index is 12.9. The second-order valence-electron chi connectivity index (χ2n) is 17.1. The Hall–Kier alpha value is -0.770. The molecule has 0 bridgehead atoms. The van der Waals surface area contributed by atoms with Crippen LogP contribution in [0.3, 0.4) is 0 Å². The summed E-state index contributed by atoms with van der Waals surface area (Å²) in [6, 6.07) is 0. The summed E-state index contributed by atoms with van der Waals surface area (Å²) in [7, 11) is 0. The van der Waals surface area contributed by atoms with Gasteiger partial charge in [-0.05, 0) is 138 Å². The van der Waals surface area contributed by atoms with E-state index in [2.05, 4.69) is 33.0 Å². The zero-order valence-electron chi connectivity index (χ0n) is 32.2. The molecule has 0 radical (unpaired) electrons. The molecule has 4 aliphatic rings. The first-order valence-corrected chi connectivity index (χ1v) is 21.0. The predicted molar refractivity (Wildman–Crippen MR) is 201 cm³/mol. The first-order chi connectivity index (χ1) is 23.7. The SMILES string of the molecule is CCCCCCCCNC(=O)CCC(C)[C@H]1CC[C@H]2C3C(OCCCN)CC4C[C@H](OCCCN)CC[C@]4(C)[C@H]3C[C@H](OCCCN)[C@]12C. The molecule has 0 heterocycles. The van der Waals surface area contributed by atoms with Crippen LogP contribution in [0.25, 0.3) is 0 Å². The van der Waals surface area contributed by atoms with Crippen molar-refractivity contribution < 1.29 is 19.0 Å². The average Bonchev–Trinajstić information content (AvgIpc) is 3.45. The predicted octanol–water partition coefficient (Wildman–Crippen LogP) is 6.96. The van der Waals surface area contributed by atoms with Crippen LogP contribution in [-0.4, -0.2) is 70.2 Å². The van der Waals surface area contributed by atoms with E-state index in [9.17, 15) is 4.79 Å². The molecule has 8 heteroatoms. The van der Waals surface area contributed by atoms with Crippen molar-refractivity contribution in [2.24, 2.45) is 63.5 Å². The van der Waals surface area contributed by atoms with Crippen molar-refractivity contribution in [3.63, 3.8) is 0 Å². The molecular weight excluding hydrogens is 612 g/mol. The van der Waals surface area contributed by atoms with Crippen molar-refractivity contribution in [2.45, 2.75) is 162 Å². The summed E-state index contributed by atoms with van der Waals surface area (Å²) in [5, 5.41) is 3.23. The molecule has 7 N–H and O–H groups in total. The molecule has 286 valence electrons. The molecule has 4 unspecified atom stereocenters. The van der Waals surface area contributed by atoms with Gasteiger partial charge in [0, 0.05) is 38.2 Å². The topological polar surface area (TPSA) is 135 Å². The Balaban J connectivity index is 1.49. The fourth-order valence-corrected chi connectivity index (χ4v) is 11.4. The summed E-state index contributed by atoms with van der Waals surface area (Å²) < 4.78 is 20.3. The number of hydrogen-bond donors (Lipinski definition) is 4. The summed E-state index contributed by atoms with van der Waals surface area (Å²) in [5.41, 5.74) is 18.1. The van der Waals surface area contributed by atoms with E-state index in [4.69, 9.17) is 31.4 Å². The number of nitrogens with one attached hydrogen (secondary N) is 1. The van der Waals surface area contributed by atoms with Crippen LogP contribution >= 0.6 is 0 Å². The van der Waals surface area contributed by atoms with Gasteiger partial charge in [-0.3, -0.25) is 4.79 Å². The molecule has 0 aromatic carbocycles. The van der Waals surface area contributed by atoms with Gasteiger partial charge in [-0.25, -0.2) is 0 Å². The first-order valence-electron chi connectivity index (χ1n) is 21.0. The van der Waals surface area contributed by atoms with Crippen LogP contribution in [0.1, 0.15) is 143 Å². The van der Waals surface area contributed by atoms with Gasteiger partial charge in [0.25, 0.3) is 0 Å². The maximum Gasteiger partial charge on any atom is 0.220 e. The Bertz CT molecular complexity index is 954. The summed E-state index contributed by atoms with van der Waals surface area (Å²) in [5.74, 6) is 3.48. The Labute approximate surface area is 300 Å². The highest BCUT2D eigenvalue weighted by Crippen LogP contribution is 2.69. The zero-order valence-corrected chi connectivity index (χ0v) is 32.2. The number of amides is 1. The van der Waals surface area contributed by atoms with Crippen LogP contribution in [0.15, 0.2) is 0 Å². The summed E-state index contributed by atoms with van der Waals surface area (Å²) >= 11 is 0. The van der Waals surface area contributed by atoms with Crippen LogP contribution in [-0.2, 0) is 19.0 Å². The number of carbonyl (C=O) groups is 1. The second-order valence-corrected chi connectivity index (χ2v) is 17.1. The number of rotatable bonds is 23. The number of ether oxygens (including phenoxy) is 3. The third-order valence-electron chi connectivity index (χ3n) is 14.2. The molecule has 0 spiro atoms. The highest BCUT2D eigenvalue weighted by molar-refractivity contribution is 5.75. The van der Waals surface area contributed by atoms with Crippen LogP contribution in [0, 0.1) is 46.3 Å². The molecule has 4 saturated carbocycles.